The molecule has 8 aliphatic rings. The number of fused-ring (bicyclic) bond motifs is 10. The molecule has 0 aromatic heterocycles. The third-order valence-corrected chi connectivity index (χ3v) is 20.1. The molecule has 9 heteroatoms. The Bertz CT molecular complexity index is 1840. The van der Waals surface area contributed by atoms with Gasteiger partial charge in [-0.1, -0.05) is 53.3 Å². The Balaban J connectivity index is 0.000000188. The molecular weight excluding hydrogens is 789 g/mol. The zero-order valence-electron chi connectivity index (χ0n) is 39.4. The van der Waals surface area contributed by atoms with Crippen molar-refractivity contribution in [2.24, 2.45) is 69.0 Å². The van der Waals surface area contributed by atoms with Gasteiger partial charge in [0.25, 0.3) is 0 Å². The molecule has 346 valence electrons. The van der Waals surface area contributed by atoms with Crippen molar-refractivity contribution in [3.05, 3.63) is 30.3 Å². The van der Waals surface area contributed by atoms with Crippen LogP contribution in [0.4, 0.5) is 0 Å². The van der Waals surface area contributed by atoms with Crippen molar-refractivity contribution in [1.82, 2.24) is 21.3 Å². The first-order valence-electron chi connectivity index (χ1n) is 24.5. The number of rotatable bonds is 4. The molecule has 6 aliphatic carbocycles. The van der Waals surface area contributed by atoms with Crippen LogP contribution in [0.1, 0.15) is 173 Å². The van der Waals surface area contributed by atoms with Crippen LogP contribution in [0.15, 0.2) is 35.2 Å². The molecule has 2 aliphatic heterocycles. The lowest BCUT2D eigenvalue weighted by atomic mass is 9.47. The third-order valence-electron chi connectivity index (χ3n) is 18.8. The van der Waals surface area contributed by atoms with Gasteiger partial charge in [0.15, 0.2) is 0 Å². The van der Waals surface area contributed by atoms with E-state index in [0.717, 1.165) is 57.3 Å². The quantitative estimate of drug-likeness (QED) is 0.240. The lowest BCUT2D eigenvalue weighted by Crippen LogP contribution is -2.64. The summed E-state index contributed by atoms with van der Waals surface area (Å²) in [6.45, 7) is 22.2. The number of nitrogens with one attached hydrogen (secondary N) is 4. The second-order valence-electron chi connectivity index (χ2n) is 24.6. The predicted octanol–water partition coefficient (Wildman–Crippen LogP) is 10.5. The van der Waals surface area contributed by atoms with Gasteiger partial charge in [0, 0.05) is 46.3 Å². The van der Waals surface area contributed by atoms with Crippen LogP contribution in [0.3, 0.4) is 0 Å². The van der Waals surface area contributed by atoms with Gasteiger partial charge in [-0.15, -0.1) is 11.8 Å². The predicted molar refractivity (Wildman–Crippen MR) is 252 cm³/mol. The van der Waals surface area contributed by atoms with E-state index in [0.29, 0.717) is 48.1 Å². The van der Waals surface area contributed by atoms with Gasteiger partial charge >= 0.3 is 0 Å². The van der Waals surface area contributed by atoms with Crippen molar-refractivity contribution in [2.45, 2.75) is 206 Å². The lowest BCUT2D eigenvalue weighted by Gasteiger charge is -2.60. The molecule has 4 N–H and O–H groups in total. The topological polar surface area (TPSA) is 116 Å². The molecule has 2 heterocycles. The first kappa shape index (κ1) is 47.4. The number of hydrogen-bond donors (Lipinski definition) is 4. The van der Waals surface area contributed by atoms with Gasteiger partial charge in [0.05, 0.1) is 5.25 Å². The maximum Gasteiger partial charge on any atom is 0.233 e. The average molecular weight is 873 g/mol. The average Bonchev–Trinajstić information content (AvgIpc) is 3.72. The highest BCUT2D eigenvalue weighted by molar-refractivity contribution is 8.00. The van der Waals surface area contributed by atoms with Gasteiger partial charge in [-0.2, -0.15) is 0 Å². The minimum atomic E-state index is -0.181. The molecule has 9 rings (SSSR count). The van der Waals surface area contributed by atoms with Crippen molar-refractivity contribution in [3.8, 4) is 0 Å². The summed E-state index contributed by atoms with van der Waals surface area (Å²) in [7, 11) is 0. The zero-order chi connectivity index (χ0) is 43.9. The Morgan fingerprint density at radius 2 is 1.06 bits per heavy atom. The first-order chi connectivity index (χ1) is 28.6. The van der Waals surface area contributed by atoms with Crippen molar-refractivity contribution in [1.29, 1.82) is 0 Å². The number of piperidine rings is 2. The fourth-order valence-corrected chi connectivity index (χ4v) is 17.2. The number of benzene rings is 1. The summed E-state index contributed by atoms with van der Waals surface area (Å²) in [6.07, 6.45) is 16.5. The van der Waals surface area contributed by atoms with E-state index in [1.54, 1.807) is 11.8 Å². The van der Waals surface area contributed by atoms with Crippen molar-refractivity contribution in [2.75, 3.05) is 0 Å². The molecule has 1 aromatic carbocycles. The van der Waals surface area contributed by atoms with Crippen LogP contribution in [-0.4, -0.2) is 52.0 Å². The summed E-state index contributed by atoms with van der Waals surface area (Å²) < 4.78 is 0. The number of amides is 4. The van der Waals surface area contributed by atoms with E-state index in [4.69, 9.17) is 0 Å². The highest BCUT2D eigenvalue weighted by atomic mass is 32.2. The van der Waals surface area contributed by atoms with Crippen molar-refractivity contribution < 1.29 is 19.2 Å². The number of carbonyl (C=O) groups excluding carboxylic acids is 4. The zero-order valence-corrected chi connectivity index (χ0v) is 40.2. The van der Waals surface area contributed by atoms with E-state index < -0.39 is 0 Å². The molecule has 0 spiro atoms. The van der Waals surface area contributed by atoms with Gasteiger partial charge < -0.3 is 21.3 Å². The molecule has 0 bridgehead atoms. The maximum absolute atomic E-state index is 13.3. The lowest BCUT2D eigenvalue weighted by molar-refractivity contribution is -0.142. The molecule has 1 aromatic rings. The maximum atomic E-state index is 13.3. The molecule has 9 unspecified atom stereocenters. The normalized spacial score (nSPS) is 43.2. The fourth-order valence-electron chi connectivity index (χ4n) is 16.0. The molecular formula is C53H84N4O4S. The smallest absolute Gasteiger partial charge is 0.233 e. The fraction of sp³-hybridized carbons (Fsp3) is 0.811. The monoisotopic (exact) mass is 873 g/mol. The summed E-state index contributed by atoms with van der Waals surface area (Å²) in [5, 5.41) is 13.3. The minimum Gasteiger partial charge on any atom is -0.353 e. The Kier molecular flexibility index (Phi) is 13.0. The summed E-state index contributed by atoms with van der Waals surface area (Å²) >= 11 is 1.73. The van der Waals surface area contributed by atoms with Crippen LogP contribution in [-0.2, 0) is 19.2 Å². The molecule has 8 nitrogen and oxygen atoms in total. The molecule has 8 fully saturated rings. The molecule has 15 atom stereocenters. The van der Waals surface area contributed by atoms with Gasteiger partial charge in [0.2, 0.25) is 23.6 Å². The molecule has 0 radical (unpaired) electrons. The Hall–Kier alpha value is -2.55. The standard InChI is InChI=1S/C29H42N2O2S.C23H38N2O2.CH4/c1-27(2,3)31-25(32)22-13-12-20-19-11-14-24-29(5,21(19)15-16-28(20,22)4)17-23(26(33)30-24)34-18-9-7-6-8-10-18;1-21(2,3)25-20(27)17-8-7-15-14-6-9-18-23(5,13-11-19(26)24-18)16(14)10-12-22(15,17)4;/h6-10,19-24H,11-17H2,1-5H3,(H,30,33)(H,31,32);14-18H,6-13H2,1-5H3,(H,24,26)(H,25,27);1H4/t19?,20?,21?,22-,23?,24?,28+,29-;14?,15?,16?,17-,18?,22+,23-;/m11./s1. The Morgan fingerprint density at radius 1 is 0.597 bits per heavy atom. The largest absolute Gasteiger partial charge is 0.353 e. The highest BCUT2D eigenvalue weighted by Gasteiger charge is 2.64. The van der Waals surface area contributed by atoms with Crippen LogP contribution < -0.4 is 21.3 Å². The number of carbonyl (C=O) groups is 4. The van der Waals surface area contributed by atoms with Gasteiger partial charge in [-0.3, -0.25) is 19.2 Å². The molecule has 4 amide bonds. The number of hydrogen-bond acceptors (Lipinski definition) is 5. The van der Waals surface area contributed by atoms with Crippen LogP contribution >= 0.6 is 11.8 Å². The van der Waals surface area contributed by atoms with Gasteiger partial charge in [0.1, 0.15) is 0 Å². The van der Waals surface area contributed by atoms with Gasteiger partial charge in [-0.05, 0) is 201 Å². The second-order valence-corrected chi connectivity index (χ2v) is 25.8. The Labute approximate surface area is 380 Å². The van der Waals surface area contributed by atoms with E-state index in [9.17, 15) is 19.2 Å². The van der Waals surface area contributed by atoms with Crippen LogP contribution in [0.5, 0.6) is 0 Å². The summed E-state index contributed by atoms with van der Waals surface area (Å²) in [4.78, 5) is 52.5. The highest BCUT2D eigenvalue weighted by Crippen LogP contribution is 2.67. The second kappa shape index (κ2) is 17.0. The van der Waals surface area contributed by atoms with E-state index in [-0.39, 0.29) is 80.9 Å². The summed E-state index contributed by atoms with van der Waals surface area (Å²) in [5.74, 6) is 5.34. The minimum absolute atomic E-state index is 0. The van der Waals surface area contributed by atoms with Crippen molar-refractivity contribution in [3.63, 3.8) is 0 Å². The van der Waals surface area contributed by atoms with Crippen molar-refractivity contribution >= 4 is 35.4 Å². The van der Waals surface area contributed by atoms with E-state index in [2.05, 4.69) is 115 Å². The Morgan fingerprint density at radius 3 is 1.56 bits per heavy atom. The number of thioether (sulfide) groups is 1. The first-order valence-corrected chi connectivity index (χ1v) is 25.4. The summed E-state index contributed by atoms with van der Waals surface area (Å²) in [5.41, 5.74) is 0.308. The van der Waals surface area contributed by atoms with E-state index in [1.165, 1.54) is 43.4 Å². The SMILES string of the molecule is C.CC(C)(C)NC(=O)[C@H]1CCC2C3CCC4NC(=O)C(Sc5ccccc5)C[C@]4(C)C3CC[C@@]21C.CC(C)(C)NC(=O)[C@H]1CCC2C3CCC4NC(=O)CC[C@]4(C)C3CC[C@@]21C. The molecule has 6 saturated carbocycles. The van der Waals surface area contributed by atoms with E-state index in [1.807, 2.05) is 6.07 Å². The van der Waals surface area contributed by atoms with Crippen LogP contribution in [0, 0.1) is 69.0 Å². The van der Waals surface area contributed by atoms with Crippen LogP contribution in [0.2, 0.25) is 0 Å². The van der Waals surface area contributed by atoms with Gasteiger partial charge in [-0.25, -0.2) is 0 Å². The molecule has 2 saturated heterocycles. The molecule has 62 heavy (non-hydrogen) atoms. The third kappa shape index (κ3) is 8.54. The van der Waals surface area contributed by atoms with E-state index >= 15 is 0 Å². The summed E-state index contributed by atoms with van der Waals surface area (Å²) in [6, 6.07) is 11.0. The van der Waals surface area contributed by atoms with Crippen LogP contribution in [0.25, 0.3) is 0 Å².